The predicted molar refractivity (Wildman–Crippen MR) is 86.6 cm³/mol. The van der Waals surface area contributed by atoms with Gasteiger partial charge in [0.2, 0.25) is 0 Å². The number of methoxy groups -OCH3 is 1. The molecule has 3 heterocycles. The van der Waals surface area contributed by atoms with E-state index in [1.54, 1.807) is 0 Å². The zero-order chi connectivity index (χ0) is 17.4. The summed E-state index contributed by atoms with van der Waals surface area (Å²) in [6, 6.07) is 0. The highest BCUT2D eigenvalue weighted by Crippen LogP contribution is 2.36. The molecule has 1 aliphatic rings. The summed E-state index contributed by atoms with van der Waals surface area (Å²) in [5.74, 6) is -0.257. The first-order chi connectivity index (χ1) is 11.5. The molecule has 130 valence electrons. The van der Waals surface area contributed by atoms with Gasteiger partial charge in [-0.1, -0.05) is 18.3 Å². The van der Waals surface area contributed by atoms with Gasteiger partial charge in [-0.2, -0.15) is 0 Å². The van der Waals surface area contributed by atoms with Crippen molar-refractivity contribution in [2.45, 2.75) is 44.8 Å². The summed E-state index contributed by atoms with van der Waals surface area (Å²) in [5.41, 5.74) is 6.17. The summed E-state index contributed by atoms with van der Waals surface area (Å²) >= 11 is 0.927. The molecule has 24 heavy (non-hydrogen) atoms. The molecule has 1 aliphatic heterocycles. The fourth-order valence-corrected chi connectivity index (χ4v) is 3.80. The molecule has 0 radical (unpaired) electrons. The zero-order valence-electron chi connectivity index (χ0n) is 13.5. The van der Waals surface area contributed by atoms with Crippen molar-refractivity contribution in [1.82, 2.24) is 14.5 Å². The molecule has 2 aromatic rings. The molecule has 9 nitrogen and oxygen atoms in total. The Morgan fingerprint density at radius 1 is 1.46 bits per heavy atom. The molecule has 1 fully saturated rings. The van der Waals surface area contributed by atoms with Gasteiger partial charge in [-0.05, 0) is 6.42 Å². The van der Waals surface area contributed by atoms with Crippen LogP contribution in [0.1, 0.15) is 26.5 Å². The molecule has 3 rings (SSSR count). The van der Waals surface area contributed by atoms with Crippen LogP contribution in [0.3, 0.4) is 0 Å². The lowest BCUT2D eigenvalue weighted by Gasteiger charge is -2.22. The fourth-order valence-electron chi connectivity index (χ4n) is 2.94. The molecule has 2 aromatic heterocycles. The number of nitrogen functional groups attached to an aromatic ring is 1. The Balaban J connectivity index is 2.13. The van der Waals surface area contributed by atoms with Crippen molar-refractivity contribution >= 4 is 33.5 Å². The number of nitrogens with zero attached hydrogens (tertiary/aromatic N) is 3. The highest BCUT2D eigenvalue weighted by Gasteiger charge is 2.48. The molecular formula is C14H18N4O5S. The molecule has 1 saturated heterocycles. The Labute approximate surface area is 141 Å². The first-order valence-electron chi connectivity index (χ1n) is 7.44. The fraction of sp³-hybridized carbons (Fsp3) is 0.571. The van der Waals surface area contributed by atoms with E-state index in [4.69, 9.17) is 19.9 Å². The van der Waals surface area contributed by atoms with Crippen molar-refractivity contribution in [2.24, 2.45) is 0 Å². The van der Waals surface area contributed by atoms with Crippen LogP contribution < -0.4 is 10.6 Å². The molecule has 4 atom stereocenters. The van der Waals surface area contributed by atoms with Crippen molar-refractivity contribution in [3.8, 4) is 0 Å². The number of carbonyl (C=O) groups excluding carboxylic acids is 1. The van der Waals surface area contributed by atoms with Crippen molar-refractivity contribution < 1.29 is 19.0 Å². The molecule has 0 unspecified atom stereocenters. The second kappa shape index (κ2) is 6.46. The van der Waals surface area contributed by atoms with E-state index in [9.17, 15) is 9.59 Å². The normalized spacial score (nSPS) is 26.8. The van der Waals surface area contributed by atoms with E-state index in [0.29, 0.717) is 16.8 Å². The van der Waals surface area contributed by atoms with Gasteiger partial charge in [0, 0.05) is 14.0 Å². The van der Waals surface area contributed by atoms with Crippen LogP contribution in [0.5, 0.6) is 0 Å². The lowest BCUT2D eigenvalue weighted by atomic mass is 10.1. The number of rotatable bonds is 4. The van der Waals surface area contributed by atoms with E-state index in [-0.39, 0.29) is 16.8 Å². The number of carbonyl (C=O) groups is 1. The number of esters is 1. The minimum atomic E-state index is -0.834. The number of aromatic nitrogens is 3. The van der Waals surface area contributed by atoms with Gasteiger partial charge in [0.1, 0.15) is 22.9 Å². The van der Waals surface area contributed by atoms with Crippen LogP contribution in [0.25, 0.3) is 10.3 Å². The highest BCUT2D eigenvalue weighted by molar-refractivity contribution is 7.17. The van der Waals surface area contributed by atoms with Gasteiger partial charge in [0.15, 0.2) is 18.0 Å². The number of nitrogens with two attached hydrogens (primary N) is 1. The third-order valence-corrected chi connectivity index (χ3v) is 4.91. The van der Waals surface area contributed by atoms with Crippen LogP contribution >= 0.6 is 11.3 Å². The van der Waals surface area contributed by atoms with Crippen LogP contribution in [0.2, 0.25) is 0 Å². The van der Waals surface area contributed by atoms with Gasteiger partial charge in [-0.3, -0.25) is 14.2 Å². The summed E-state index contributed by atoms with van der Waals surface area (Å²) in [6.45, 7) is 3.23. The lowest BCUT2D eigenvalue weighted by molar-refractivity contribution is -0.156. The number of hydrogen-bond donors (Lipinski definition) is 1. The smallest absolute Gasteiger partial charge is 0.311 e. The predicted octanol–water partition coefficient (Wildman–Crippen LogP) is 0.689. The monoisotopic (exact) mass is 354 g/mol. The Morgan fingerprint density at radius 2 is 2.21 bits per heavy atom. The number of anilines is 1. The van der Waals surface area contributed by atoms with Crippen molar-refractivity contribution in [3.63, 3.8) is 0 Å². The first kappa shape index (κ1) is 16.8. The summed E-state index contributed by atoms with van der Waals surface area (Å²) < 4.78 is 18.7. The Morgan fingerprint density at radius 3 is 2.83 bits per heavy atom. The Hall–Kier alpha value is -2.04. The molecule has 0 amide bonds. The van der Waals surface area contributed by atoms with Gasteiger partial charge in [0.25, 0.3) is 0 Å². The van der Waals surface area contributed by atoms with E-state index in [1.807, 2.05) is 6.92 Å². The van der Waals surface area contributed by atoms with E-state index in [2.05, 4.69) is 9.97 Å². The molecule has 10 heteroatoms. The van der Waals surface area contributed by atoms with Gasteiger partial charge in [-0.15, -0.1) is 0 Å². The topological polar surface area (TPSA) is 119 Å². The molecule has 2 N–H and O–H groups in total. The maximum atomic E-state index is 12.5. The summed E-state index contributed by atoms with van der Waals surface area (Å²) in [5, 5.41) is 0. The van der Waals surface area contributed by atoms with Crippen LogP contribution in [-0.4, -0.2) is 45.9 Å². The SMILES string of the molecule is CC[C@H]1O[C@@H](n2c(=O)sc3c(N)ncnc32)[C@H](OC(C)=O)[C@@H]1OC. The van der Waals surface area contributed by atoms with E-state index < -0.39 is 24.4 Å². The van der Waals surface area contributed by atoms with Crippen molar-refractivity contribution in [2.75, 3.05) is 12.8 Å². The van der Waals surface area contributed by atoms with E-state index in [1.165, 1.54) is 24.9 Å². The van der Waals surface area contributed by atoms with Gasteiger partial charge in [-0.25, -0.2) is 9.97 Å². The number of thiazole rings is 1. The van der Waals surface area contributed by atoms with Crippen molar-refractivity contribution in [3.05, 3.63) is 16.0 Å². The minimum absolute atomic E-state index is 0.221. The molecule has 0 aromatic carbocycles. The molecule has 0 spiro atoms. The summed E-state index contributed by atoms with van der Waals surface area (Å²) in [7, 11) is 1.52. The minimum Gasteiger partial charge on any atom is -0.455 e. The third kappa shape index (κ3) is 2.66. The second-order valence-electron chi connectivity index (χ2n) is 5.40. The quantitative estimate of drug-likeness (QED) is 0.797. The van der Waals surface area contributed by atoms with Crippen LogP contribution in [0.4, 0.5) is 5.82 Å². The molecule has 0 aliphatic carbocycles. The van der Waals surface area contributed by atoms with Crippen LogP contribution in [-0.2, 0) is 19.0 Å². The van der Waals surface area contributed by atoms with Crippen LogP contribution in [0.15, 0.2) is 11.1 Å². The Kier molecular flexibility index (Phi) is 4.52. The van der Waals surface area contributed by atoms with Gasteiger partial charge < -0.3 is 19.9 Å². The maximum Gasteiger partial charge on any atom is 0.311 e. The zero-order valence-corrected chi connectivity index (χ0v) is 14.3. The lowest BCUT2D eigenvalue weighted by Crippen LogP contribution is -2.38. The van der Waals surface area contributed by atoms with Gasteiger partial charge >= 0.3 is 10.8 Å². The first-order valence-corrected chi connectivity index (χ1v) is 8.26. The van der Waals surface area contributed by atoms with Crippen molar-refractivity contribution in [1.29, 1.82) is 0 Å². The maximum absolute atomic E-state index is 12.5. The summed E-state index contributed by atoms with van der Waals surface area (Å²) in [4.78, 5) is 31.7. The number of ether oxygens (including phenoxy) is 3. The van der Waals surface area contributed by atoms with E-state index in [0.717, 1.165) is 11.3 Å². The Bertz CT molecular complexity index is 819. The van der Waals surface area contributed by atoms with Gasteiger partial charge in [0.05, 0.1) is 6.10 Å². The molecular weight excluding hydrogens is 336 g/mol. The second-order valence-corrected chi connectivity index (χ2v) is 6.36. The molecule has 0 bridgehead atoms. The van der Waals surface area contributed by atoms with Crippen LogP contribution in [0, 0.1) is 0 Å². The highest BCUT2D eigenvalue weighted by atomic mass is 32.1. The molecule has 0 saturated carbocycles. The largest absolute Gasteiger partial charge is 0.455 e. The number of hydrogen-bond acceptors (Lipinski definition) is 9. The third-order valence-electron chi connectivity index (χ3n) is 3.94. The number of fused-ring (bicyclic) bond motifs is 1. The van der Waals surface area contributed by atoms with E-state index >= 15 is 0 Å². The average molecular weight is 354 g/mol. The average Bonchev–Trinajstić information content (AvgIpc) is 3.04. The summed E-state index contributed by atoms with van der Waals surface area (Å²) in [6.07, 6.45) is -0.471. The standard InChI is InChI=1S/C14H18N4O5S/c1-4-7-8(21-3)9(22-6(2)19)13(23-7)18-12-10(24-14(18)20)11(15)16-5-17-12/h5,7-9,13H,4H2,1-3H3,(H2,15,16,17)/t7-,8-,9-,13-/m1/s1.